The van der Waals surface area contributed by atoms with Gasteiger partial charge in [0.15, 0.2) is 0 Å². The van der Waals surface area contributed by atoms with E-state index in [-0.39, 0.29) is 0 Å². The lowest BCUT2D eigenvalue weighted by Crippen LogP contribution is -2.19. The predicted molar refractivity (Wildman–Crippen MR) is 46.2 cm³/mol. The van der Waals surface area contributed by atoms with Crippen LogP contribution < -0.4 is 0 Å². The number of likely N-dealkylation sites (N-methyl/N-ethyl adjacent to an activating group) is 1. The molecule has 0 aromatic rings. The van der Waals surface area contributed by atoms with Gasteiger partial charge in [0, 0.05) is 0 Å². The molecule has 0 aliphatic carbocycles. The van der Waals surface area contributed by atoms with Gasteiger partial charge in [0.2, 0.25) is 0 Å². The zero-order valence-corrected chi connectivity index (χ0v) is 7.96. The van der Waals surface area contributed by atoms with Crippen molar-refractivity contribution in [3.8, 4) is 0 Å². The number of rotatable bonds is 3. The van der Waals surface area contributed by atoms with Gasteiger partial charge in [-0.2, -0.15) is 0 Å². The molecule has 1 saturated heterocycles. The van der Waals surface area contributed by atoms with Crippen molar-refractivity contribution >= 4 is 0 Å². The molecule has 0 saturated carbocycles. The highest BCUT2D eigenvalue weighted by Crippen LogP contribution is 2.41. The molecule has 0 aromatic heterocycles. The molecule has 11 heavy (non-hydrogen) atoms. The van der Waals surface area contributed by atoms with Crippen molar-refractivity contribution in [2.45, 2.75) is 45.4 Å². The van der Waals surface area contributed by atoms with Crippen LogP contribution in [-0.2, 0) is 0 Å². The topological polar surface area (TPSA) is 23.2 Å². The molecule has 0 amide bonds. The third-order valence-corrected chi connectivity index (χ3v) is 3.14. The molecule has 0 aromatic carbocycles. The normalized spacial score (nSPS) is 45.5. The van der Waals surface area contributed by atoms with E-state index in [4.69, 9.17) is 0 Å². The second-order valence-corrected chi connectivity index (χ2v) is 3.88. The lowest BCUT2D eigenvalue weighted by atomic mass is 9.99. The average molecular weight is 157 g/mol. The Morgan fingerprint density at radius 2 is 2.09 bits per heavy atom. The first-order valence-corrected chi connectivity index (χ1v) is 4.47. The molecule has 2 heteroatoms. The van der Waals surface area contributed by atoms with Gasteiger partial charge in [-0.15, -0.1) is 0 Å². The molecule has 1 N–H and O–H groups in total. The fraction of sp³-hybridized carbons (Fsp3) is 1.00. The van der Waals surface area contributed by atoms with Gasteiger partial charge in [-0.05, 0) is 26.3 Å². The van der Waals surface area contributed by atoms with E-state index < -0.39 is 5.72 Å². The molecule has 0 spiro atoms. The summed E-state index contributed by atoms with van der Waals surface area (Å²) in [6.07, 6.45) is 2.07. The lowest BCUT2D eigenvalue weighted by Gasteiger charge is -2.13. The van der Waals surface area contributed by atoms with Gasteiger partial charge >= 0.3 is 0 Å². The van der Waals surface area contributed by atoms with Crippen LogP contribution in [0.4, 0.5) is 0 Å². The van der Waals surface area contributed by atoms with Crippen LogP contribution in [0.25, 0.3) is 0 Å². The van der Waals surface area contributed by atoms with Crippen LogP contribution in [0.5, 0.6) is 0 Å². The Kier molecular flexibility index (Phi) is 2.26. The van der Waals surface area contributed by atoms with E-state index in [0.717, 1.165) is 12.8 Å². The Hall–Kier alpha value is -0.0800. The Morgan fingerprint density at radius 3 is 2.36 bits per heavy atom. The smallest absolute Gasteiger partial charge is 0.134 e. The Bertz CT molecular complexity index is 138. The SMILES string of the molecule is CCC(C)CC1(O)C(C)N1C. The Balaban J connectivity index is 2.38. The molecule has 0 bridgehead atoms. The highest BCUT2D eigenvalue weighted by atomic mass is 16.3. The average Bonchev–Trinajstić information content (AvgIpc) is 2.41. The van der Waals surface area contributed by atoms with Crippen LogP contribution in [0.15, 0.2) is 0 Å². The van der Waals surface area contributed by atoms with E-state index in [1.54, 1.807) is 0 Å². The van der Waals surface area contributed by atoms with Crippen LogP contribution in [0, 0.1) is 5.92 Å². The van der Waals surface area contributed by atoms with Crippen molar-refractivity contribution in [3.05, 3.63) is 0 Å². The van der Waals surface area contributed by atoms with Crippen LogP contribution in [0.2, 0.25) is 0 Å². The molecule has 1 aliphatic heterocycles. The molecule has 1 rings (SSSR count). The minimum Gasteiger partial charge on any atom is -0.374 e. The maximum Gasteiger partial charge on any atom is 0.134 e. The van der Waals surface area contributed by atoms with Gasteiger partial charge in [-0.1, -0.05) is 20.3 Å². The molecule has 0 radical (unpaired) electrons. The van der Waals surface area contributed by atoms with Crippen LogP contribution in [-0.4, -0.2) is 28.8 Å². The van der Waals surface area contributed by atoms with Crippen molar-refractivity contribution in [2.75, 3.05) is 7.05 Å². The molecular weight excluding hydrogens is 138 g/mol. The fourth-order valence-corrected chi connectivity index (χ4v) is 1.61. The molecule has 1 heterocycles. The largest absolute Gasteiger partial charge is 0.374 e. The third kappa shape index (κ3) is 1.42. The number of hydrogen-bond acceptors (Lipinski definition) is 2. The fourth-order valence-electron chi connectivity index (χ4n) is 1.61. The Labute approximate surface area is 69.2 Å². The summed E-state index contributed by atoms with van der Waals surface area (Å²) < 4.78 is 0. The van der Waals surface area contributed by atoms with E-state index in [2.05, 4.69) is 20.8 Å². The quantitative estimate of drug-likeness (QED) is 0.627. The Morgan fingerprint density at radius 1 is 1.64 bits per heavy atom. The first-order chi connectivity index (χ1) is 5.02. The van der Waals surface area contributed by atoms with Gasteiger partial charge < -0.3 is 5.11 Å². The van der Waals surface area contributed by atoms with Gasteiger partial charge in [0.1, 0.15) is 5.72 Å². The number of hydrogen-bond donors (Lipinski definition) is 1. The van der Waals surface area contributed by atoms with Crippen molar-refractivity contribution in [3.63, 3.8) is 0 Å². The van der Waals surface area contributed by atoms with Crippen molar-refractivity contribution in [2.24, 2.45) is 5.92 Å². The standard InChI is InChI=1S/C9H19NO/c1-5-7(2)6-9(11)8(3)10(9)4/h7-8,11H,5-6H2,1-4H3. The van der Waals surface area contributed by atoms with Gasteiger partial charge in [0.05, 0.1) is 6.04 Å². The van der Waals surface area contributed by atoms with Crippen molar-refractivity contribution < 1.29 is 5.11 Å². The highest BCUT2D eigenvalue weighted by Gasteiger charge is 2.56. The third-order valence-electron chi connectivity index (χ3n) is 3.14. The summed E-state index contributed by atoms with van der Waals surface area (Å²) >= 11 is 0. The zero-order valence-electron chi connectivity index (χ0n) is 7.96. The molecule has 1 aliphatic rings. The van der Waals surface area contributed by atoms with E-state index in [1.807, 2.05) is 11.9 Å². The summed E-state index contributed by atoms with van der Waals surface area (Å²) in [5.41, 5.74) is -0.477. The molecular formula is C9H19NO. The maximum absolute atomic E-state index is 9.89. The van der Waals surface area contributed by atoms with E-state index >= 15 is 0 Å². The molecule has 4 unspecified atom stereocenters. The van der Waals surface area contributed by atoms with Crippen LogP contribution >= 0.6 is 0 Å². The first-order valence-electron chi connectivity index (χ1n) is 4.47. The van der Waals surface area contributed by atoms with E-state index in [1.165, 1.54) is 0 Å². The second kappa shape index (κ2) is 2.76. The second-order valence-electron chi connectivity index (χ2n) is 3.88. The van der Waals surface area contributed by atoms with Gasteiger partial charge in [0.25, 0.3) is 0 Å². The van der Waals surface area contributed by atoms with Gasteiger partial charge in [-0.25, -0.2) is 0 Å². The van der Waals surface area contributed by atoms with Crippen molar-refractivity contribution in [1.82, 2.24) is 4.90 Å². The summed E-state index contributed by atoms with van der Waals surface area (Å²) in [5, 5.41) is 9.89. The molecule has 66 valence electrons. The summed E-state index contributed by atoms with van der Waals surface area (Å²) in [6, 6.07) is 0.358. The summed E-state index contributed by atoms with van der Waals surface area (Å²) in [6.45, 7) is 6.43. The maximum atomic E-state index is 9.89. The first kappa shape index (κ1) is 9.01. The van der Waals surface area contributed by atoms with Crippen molar-refractivity contribution in [1.29, 1.82) is 0 Å². The summed E-state index contributed by atoms with van der Waals surface area (Å²) in [7, 11) is 1.98. The zero-order chi connectivity index (χ0) is 8.65. The molecule has 2 nitrogen and oxygen atoms in total. The molecule has 1 fully saturated rings. The monoisotopic (exact) mass is 157 g/mol. The summed E-state index contributed by atoms with van der Waals surface area (Å²) in [5.74, 6) is 0.632. The van der Waals surface area contributed by atoms with Crippen LogP contribution in [0.1, 0.15) is 33.6 Å². The minimum absolute atomic E-state index is 0.358. The predicted octanol–water partition coefficient (Wildman–Crippen LogP) is 1.45. The van der Waals surface area contributed by atoms with Crippen LogP contribution in [0.3, 0.4) is 0 Å². The van der Waals surface area contributed by atoms with Gasteiger partial charge in [-0.3, -0.25) is 4.90 Å². The number of aliphatic hydroxyl groups is 1. The summed E-state index contributed by atoms with van der Waals surface area (Å²) in [4.78, 5) is 2.03. The van der Waals surface area contributed by atoms with E-state index in [9.17, 15) is 5.11 Å². The highest BCUT2D eigenvalue weighted by molar-refractivity contribution is 5.04. The lowest BCUT2D eigenvalue weighted by molar-refractivity contribution is 0.0693. The number of nitrogens with zero attached hydrogens (tertiary/aromatic N) is 1. The van der Waals surface area contributed by atoms with E-state index in [0.29, 0.717) is 12.0 Å². The molecule has 4 atom stereocenters. The minimum atomic E-state index is -0.477.